The zero-order valence-corrected chi connectivity index (χ0v) is 26.7. The number of piperidine rings is 1. The molecule has 4 heterocycles. The lowest BCUT2D eigenvalue weighted by Gasteiger charge is -2.28. The van der Waals surface area contributed by atoms with Crippen molar-refractivity contribution < 1.29 is 0 Å². The van der Waals surface area contributed by atoms with E-state index in [1.807, 2.05) is 12.4 Å². The largest absolute Gasteiger partial charge is 0.341 e. The summed E-state index contributed by atoms with van der Waals surface area (Å²) in [5, 5.41) is 3.72. The zero-order chi connectivity index (χ0) is 30.7. The van der Waals surface area contributed by atoms with Crippen molar-refractivity contribution in [3.05, 3.63) is 95.8 Å². The van der Waals surface area contributed by atoms with Crippen LogP contribution in [0.2, 0.25) is 0 Å². The highest BCUT2D eigenvalue weighted by Crippen LogP contribution is 2.55. The van der Waals surface area contributed by atoms with E-state index in [4.69, 9.17) is 15.0 Å². The third kappa shape index (κ3) is 4.30. The fourth-order valence-electron chi connectivity index (χ4n) is 9.84. The summed E-state index contributed by atoms with van der Waals surface area (Å²) in [5.41, 5.74) is 15.0. The summed E-state index contributed by atoms with van der Waals surface area (Å²) in [4.78, 5) is 21.5. The van der Waals surface area contributed by atoms with Gasteiger partial charge in [-0.05, 0) is 107 Å². The molecule has 6 heteroatoms. The standard InChI is InChI=1S/C41H40N6/c1-2-15-41(14-1)16-13-31-29(23-3-7-25(8-4-23)36-21-42-39(46-36)34-19-27-17-32(27)44-34)11-12-30(38(31)41)24-5-9-26(10-6-24)37-22-43-40(47-37)35-20-28-18-33(28)45-35/h3-12,21-22,27-28,32,34-35,44H,1-2,13-20H2,(H,42,46)(H,43,47). The van der Waals surface area contributed by atoms with E-state index in [2.05, 4.69) is 75.9 Å². The Morgan fingerprint density at radius 1 is 0.660 bits per heavy atom. The molecule has 11 rings (SSSR count). The van der Waals surface area contributed by atoms with Crippen molar-refractivity contribution in [1.29, 1.82) is 0 Å². The Morgan fingerprint density at radius 2 is 1.32 bits per heavy atom. The lowest BCUT2D eigenvalue weighted by Crippen LogP contribution is -2.19. The van der Waals surface area contributed by atoms with Crippen LogP contribution in [0.4, 0.5) is 0 Å². The maximum Gasteiger partial charge on any atom is 0.131 e. The molecule has 6 aliphatic rings. The number of benzene rings is 3. The number of fused-ring (bicyclic) bond motifs is 4. The zero-order valence-electron chi connectivity index (χ0n) is 26.7. The molecular weight excluding hydrogens is 576 g/mol. The molecular formula is C41H40N6. The highest BCUT2D eigenvalue weighted by atomic mass is 15.1. The number of imidazole rings is 2. The number of hydrogen-bond donors (Lipinski definition) is 3. The summed E-state index contributed by atoms with van der Waals surface area (Å²) in [6.07, 6.45) is 16.6. The Labute approximate surface area is 275 Å². The Balaban J connectivity index is 0.901. The second kappa shape index (κ2) is 9.86. The highest BCUT2D eigenvalue weighted by Gasteiger charge is 2.47. The molecule has 4 fully saturated rings. The molecule has 0 amide bonds. The monoisotopic (exact) mass is 616 g/mol. The van der Waals surface area contributed by atoms with E-state index in [1.54, 1.807) is 11.1 Å². The van der Waals surface area contributed by atoms with Crippen molar-refractivity contribution in [2.24, 2.45) is 16.8 Å². The molecule has 0 radical (unpaired) electrons. The van der Waals surface area contributed by atoms with Gasteiger partial charge in [-0.25, -0.2) is 9.97 Å². The van der Waals surface area contributed by atoms with Crippen LogP contribution in [0.5, 0.6) is 0 Å². The van der Waals surface area contributed by atoms with Gasteiger partial charge in [0.15, 0.2) is 0 Å². The van der Waals surface area contributed by atoms with Crippen molar-refractivity contribution in [3.8, 4) is 44.8 Å². The predicted octanol–water partition coefficient (Wildman–Crippen LogP) is 8.89. The van der Waals surface area contributed by atoms with Gasteiger partial charge in [0.1, 0.15) is 17.7 Å². The van der Waals surface area contributed by atoms with Crippen LogP contribution in [-0.4, -0.2) is 31.7 Å². The van der Waals surface area contributed by atoms with Gasteiger partial charge in [-0.15, -0.1) is 0 Å². The molecule has 1 spiro atoms. The summed E-state index contributed by atoms with van der Waals surface area (Å²) < 4.78 is 0. The minimum Gasteiger partial charge on any atom is -0.341 e. The molecule has 5 aromatic rings. The molecule has 1 saturated heterocycles. The molecule has 5 atom stereocenters. The first-order valence-electron chi connectivity index (χ1n) is 18.0. The highest BCUT2D eigenvalue weighted by molar-refractivity contribution is 6.02. The minimum atomic E-state index is 0.222. The third-order valence-electron chi connectivity index (χ3n) is 12.6. The Kier molecular flexibility index (Phi) is 5.61. The molecule has 4 aliphatic carbocycles. The Bertz CT molecular complexity index is 2050. The van der Waals surface area contributed by atoms with Gasteiger partial charge in [0.05, 0.1) is 29.8 Å². The van der Waals surface area contributed by atoms with Gasteiger partial charge < -0.3 is 15.3 Å². The van der Waals surface area contributed by atoms with Crippen molar-refractivity contribution in [1.82, 2.24) is 25.3 Å². The summed E-state index contributed by atoms with van der Waals surface area (Å²) >= 11 is 0. The Hall–Kier alpha value is -4.29. The van der Waals surface area contributed by atoms with Crippen LogP contribution >= 0.6 is 0 Å². The first kappa shape index (κ1) is 26.7. The van der Waals surface area contributed by atoms with E-state index in [-0.39, 0.29) is 6.04 Å². The van der Waals surface area contributed by atoms with Gasteiger partial charge >= 0.3 is 0 Å². The normalized spacial score (nSPS) is 27.6. The van der Waals surface area contributed by atoms with Crippen LogP contribution in [0.25, 0.3) is 44.8 Å². The van der Waals surface area contributed by atoms with Crippen molar-refractivity contribution >= 4 is 5.71 Å². The molecule has 0 bridgehead atoms. The van der Waals surface area contributed by atoms with Gasteiger partial charge in [-0.2, -0.15) is 0 Å². The van der Waals surface area contributed by atoms with Crippen LogP contribution in [-0.2, 0) is 11.8 Å². The van der Waals surface area contributed by atoms with E-state index >= 15 is 0 Å². The maximum absolute atomic E-state index is 4.84. The second-order valence-corrected chi connectivity index (χ2v) is 15.4. The fourth-order valence-corrected chi connectivity index (χ4v) is 9.84. The molecule has 5 unspecified atom stereocenters. The summed E-state index contributed by atoms with van der Waals surface area (Å²) in [6.45, 7) is 0. The van der Waals surface area contributed by atoms with Crippen LogP contribution in [0.3, 0.4) is 0 Å². The first-order valence-corrected chi connectivity index (χ1v) is 18.0. The predicted molar refractivity (Wildman–Crippen MR) is 186 cm³/mol. The topological polar surface area (TPSA) is 81.8 Å². The molecule has 3 saturated carbocycles. The van der Waals surface area contributed by atoms with Crippen LogP contribution in [0.1, 0.15) is 92.6 Å². The van der Waals surface area contributed by atoms with Crippen molar-refractivity contribution in [3.63, 3.8) is 0 Å². The van der Waals surface area contributed by atoms with Gasteiger partial charge in [0.2, 0.25) is 0 Å². The second-order valence-electron chi connectivity index (χ2n) is 15.4. The van der Waals surface area contributed by atoms with Crippen LogP contribution in [0, 0.1) is 11.8 Å². The average molecular weight is 617 g/mol. The first-order chi connectivity index (χ1) is 23.2. The van der Waals surface area contributed by atoms with Crippen molar-refractivity contribution in [2.75, 3.05) is 0 Å². The molecule has 3 N–H and O–H groups in total. The molecule has 234 valence electrons. The summed E-state index contributed by atoms with van der Waals surface area (Å²) in [7, 11) is 0. The fraction of sp³-hybridized carbons (Fsp3) is 0.390. The van der Waals surface area contributed by atoms with Gasteiger partial charge in [-0.3, -0.25) is 4.99 Å². The number of nitrogens with one attached hydrogen (secondary N) is 3. The van der Waals surface area contributed by atoms with Gasteiger partial charge in [0.25, 0.3) is 0 Å². The van der Waals surface area contributed by atoms with Gasteiger partial charge in [0, 0.05) is 17.7 Å². The summed E-state index contributed by atoms with van der Waals surface area (Å²) in [6, 6.07) is 24.5. The number of aromatic nitrogens is 4. The lowest BCUT2D eigenvalue weighted by molar-refractivity contribution is 0.440. The number of hydrogen-bond acceptors (Lipinski definition) is 4. The van der Waals surface area contributed by atoms with E-state index in [0.717, 1.165) is 47.3 Å². The minimum absolute atomic E-state index is 0.222. The Morgan fingerprint density at radius 3 is 2.00 bits per heavy atom. The average Bonchev–Trinajstić information content (AvgIpc) is 3.66. The molecule has 2 aliphatic heterocycles. The van der Waals surface area contributed by atoms with E-state index < -0.39 is 0 Å². The molecule has 47 heavy (non-hydrogen) atoms. The number of H-pyrrole nitrogens is 2. The van der Waals surface area contributed by atoms with Gasteiger partial charge in [-0.1, -0.05) is 73.5 Å². The number of aliphatic imine (C=N–C) groups is 1. The molecule has 3 aromatic carbocycles. The number of rotatable bonds is 6. The van der Waals surface area contributed by atoms with E-state index in [1.165, 1.54) is 96.9 Å². The summed E-state index contributed by atoms with van der Waals surface area (Å²) in [5.74, 6) is 3.69. The maximum atomic E-state index is 4.84. The van der Waals surface area contributed by atoms with Crippen LogP contribution < -0.4 is 5.32 Å². The SMILES string of the molecule is c1cc(-c2ccc(-c3ccc(-c4cnc(C5CC6CC6N5)[nH]4)cc3)c3c2C2(CCCC2)CC3)ccc1-c1cnc(C2CC3CC3=N2)[nH]1. The van der Waals surface area contributed by atoms with Crippen molar-refractivity contribution in [2.45, 2.75) is 87.7 Å². The number of nitrogens with zero attached hydrogens (tertiary/aromatic N) is 3. The quantitative estimate of drug-likeness (QED) is 0.178. The molecule has 6 nitrogen and oxygen atoms in total. The molecule has 2 aromatic heterocycles. The third-order valence-corrected chi connectivity index (χ3v) is 12.6. The lowest BCUT2D eigenvalue weighted by atomic mass is 9.76. The smallest absolute Gasteiger partial charge is 0.131 e. The van der Waals surface area contributed by atoms with E-state index in [9.17, 15) is 0 Å². The van der Waals surface area contributed by atoms with E-state index in [0.29, 0.717) is 11.5 Å². The van der Waals surface area contributed by atoms with Crippen LogP contribution in [0.15, 0.2) is 78.0 Å². The number of aromatic amines is 2.